The van der Waals surface area contributed by atoms with Gasteiger partial charge in [-0.05, 0) is 17.7 Å². The number of nitrogens with two attached hydrogens (primary N) is 1. The van der Waals surface area contributed by atoms with E-state index in [9.17, 15) is 4.21 Å². The summed E-state index contributed by atoms with van der Waals surface area (Å²) >= 11 is 4.22. The minimum Gasteiger partial charge on any atom is -0.495 e. The van der Waals surface area contributed by atoms with Crippen LogP contribution in [-0.4, -0.2) is 23.9 Å². The molecule has 0 aliphatic carbocycles. The second-order valence-electron chi connectivity index (χ2n) is 3.18. The number of hydrogen-bond donors (Lipinski definition) is 2. The van der Waals surface area contributed by atoms with Crippen LogP contribution in [0.15, 0.2) is 23.1 Å². The number of hydrogen-bond acceptors (Lipinski definition) is 4. The molecule has 0 aliphatic heterocycles. The summed E-state index contributed by atoms with van der Waals surface area (Å²) < 4.78 is 21.4. The third-order valence-electron chi connectivity index (χ3n) is 2.13. The lowest BCUT2D eigenvalue weighted by Crippen LogP contribution is -2.08. The molecule has 0 radical (unpaired) electrons. The van der Waals surface area contributed by atoms with Crippen LogP contribution in [0.4, 0.5) is 0 Å². The summed E-state index contributed by atoms with van der Waals surface area (Å²) in [6, 6.07) is 5.33. The average molecular weight is 261 g/mol. The fourth-order valence-corrected chi connectivity index (χ4v) is 2.04. The first kappa shape index (κ1) is 13.5. The first-order valence-electron chi connectivity index (χ1n) is 4.62. The average Bonchev–Trinajstić information content (AvgIpc) is 2.28. The molecule has 0 fully saturated rings. The van der Waals surface area contributed by atoms with E-state index in [0.29, 0.717) is 17.1 Å². The number of methoxy groups -OCH3 is 2. The Hall–Kier alpha value is -0.560. The van der Waals surface area contributed by atoms with Crippen molar-refractivity contribution in [2.45, 2.75) is 16.8 Å². The summed E-state index contributed by atoms with van der Waals surface area (Å²) in [5, 5.41) is 5.32. The van der Waals surface area contributed by atoms with E-state index in [4.69, 9.17) is 14.6 Å². The largest absolute Gasteiger partial charge is 0.495 e. The van der Waals surface area contributed by atoms with Gasteiger partial charge in [-0.3, -0.25) is 0 Å². The van der Waals surface area contributed by atoms with Gasteiger partial charge < -0.3 is 9.47 Å². The molecular weight excluding hydrogens is 246 g/mol. The molecule has 6 heteroatoms. The van der Waals surface area contributed by atoms with Crippen molar-refractivity contribution in [3.8, 4) is 5.75 Å². The summed E-state index contributed by atoms with van der Waals surface area (Å²) in [6.45, 7) is 0. The highest BCUT2D eigenvalue weighted by Crippen LogP contribution is 2.23. The van der Waals surface area contributed by atoms with Crippen molar-refractivity contribution in [3.05, 3.63) is 23.8 Å². The van der Waals surface area contributed by atoms with Crippen LogP contribution in [0.5, 0.6) is 5.75 Å². The molecule has 16 heavy (non-hydrogen) atoms. The van der Waals surface area contributed by atoms with Crippen LogP contribution in [0.2, 0.25) is 0 Å². The van der Waals surface area contributed by atoms with Crippen molar-refractivity contribution in [1.82, 2.24) is 0 Å². The van der Waals surface area contributed by atoms with Crippen molar-refractivity contribution >= 4 is 23.6 Å². The van der Waals surface area contributed by atoms with E-state index >= 15 is 0 Å². The van der Waals surface area contributed by atoms with Crippen molar-refractivity contribution in [2.75, 3.05) is 14.2 Å². The first-order valence-corrected chi connectivity index (χ1v) is 6.35. The molecule has 1 aromatic carbocycles. The van der Waals surface area contributed by atoms with E-state index in [-0.39, 0.29) is 5.44 Å². The van der Waals surface area contributed by atoms with Gasteiger partial charge in [0.2, 0.25) is 0 Å². The van der Waals surface area contributed by atoms with Gasteiger partial charge in [0.15, 0.2) is 0 Å². The Labute approximate surface area is 103 Å². The molecule has 0 bridgehead atoms. The van der Waals surface area contributed by atoms with Gasteiger partial charge in [-0.1, -0.05) is 6.07 Å². The zero-order chi connectivity index (χ0) is 12.1. The summed E-state index contributed by atoms with van der Waals surface area (Å²) in [5.74, 6) is 0.523. The summed E-state index contributed by atoms with van der Waals surface area (Å²) in [5.41, 5.74) is 0.826. The lowest BCUT2D eigenvalue weighted by Gasteiger charge is -2.11. The van der Waals surface area contributed by atoms with Gasteiger partial charge in [-0.2, -0.15) is 0 Å². The molecule has 2 atom stereocenters. The van der Waals surface area contributed by atoms with E-state index in [1.54, 1.807) is 19.2 Å². The molecule has 0 heterocycles. The highest BCUT2D eigenvalue weighted by Gasteiger charge is 2.10. The third-order valence-corrected chi connectivity index (χ3v) is 3.29. The van der Waals surface area contributed by atoms with Crippen LogP contribution in [0.3, 0.4) is 0 Å². The Bertz CT molecular complexity index is 384. The number of rotatable bonds is 5. The van der Waals surface area contributed by atoms with Gasteiger partial charge >= 0.3 is 0 Å². The Balaban J connectivity index is 2.95. The number of benzene rings is 1. The zero-order valence-corrected chi connectivity index (χ0v) is 10.9. The van der Waals surface area contributed by atoms with Crippen molar-refractivity contribution < 1.29 is 13.7 Å². The first-order chi connectivity index (χ1) is 7.58. The summed E-state index contributed by atoms with van der Waals surface area (Å²) in [6.07, 6.45) is 0.646. The number of ether oxygens (including phenoxy) is 2. The maximum absolute atomic E-state index is 11.2. The predicted octanol–water partition coefficient (Wildman–Crippen LogP) is 1.12. The summed E-state index contributed by atoms with van der Waals surface area (Å²) in [4.78, 5) is 0.486. The second kappa shape index (κ2) is 6.24. The van der Waals surface area contributed by atoms with Gasteiger partial charge in [0.1, 0.15) is 22.2 Å². The predicted molar refractivity (Wildman–Crippen MR) is 67.1 cm³/mol. The molecule has 0 aromatic heterocycles. The molecule has 0 amide bonds. The molecule has 2 unspecified atom stereocenters. The van der Waals surface area contributed by atoms with Gasteiger partial charge in [0.05, 0.1) is 12.0 Å². The van der Waals surface area contributed by atoms with Gasteiger partial charge in [0.25, 0.3) is 0 Å². The highest BCUT2D eigenvalue weighted by atomic mass is 32.2. The van der Waals surface area contributed by atoms with Gasteiger partial charge in [-0.15, -0.1) is 12.6 Å². The van der Waals surface area contributed by atoms with Crippen molar-refractivity contribution in [3.63, 3.8) is 0 Å². The molecule has 0 saturated heterocycles. The van der Waals surface area contributed by atoms with Crippen molar-refractivity contribution in [1.29, 1.82) is 0 Å². The lowest BCUT2D eigenvalue weighted by atomic mass is 10.1. The van der Waals surface area contributed by atoms with Crippen LogP contribution in [0.1, 0.15) is 5.56 Å². The minimum absolute atomic E-state index is 0.168. The Morgan fingerprint density at radius 3 is 2.69 bits per heavy atom. The molecule has 0 spiro atoms. The SMILES string of the molecule is COc1cc(CC(S)OC)ccc1S(N)=O. The van der Waals surface area contributed by atoms with Crippen LogP contribution in [0, 0.1) is 0 Å². The molecule has 0 saturated carbocycles. The molecule has 2 N–H and O–H groups in total. The van der Waals surface area contributed by atoms with E-state index in [1.807, 2.05) is 6.07 Å². The molecule has 1 rings (SSSR count). The maximum atomic E-state index is 11.2. The monoisotopic (exact) mass is 261 g/mol. The smallest absolute Gasteiger partial charge is 0.136 e. The quantitative estimate of drug-likeness (QED) is 0.617. The van der Waals surface area contributed by atoms with Gasteiger partial charge in [-0.25, -0.2) is 9.35 Å². The highest BCUT2D eigenvalue weighted by molar-refractivity contribution is 7.82. The number of thiol groups is 1. The van der Waals surface area contributed by atoms with Crippen molar-refractivity contribution in [2.24, 2.45) is 5.14 Å². The van der Waals surface area contributed by atoms with E-state index in [2.05, 4.69) is 12.6 Å². The lowest BCUT2D eigenvalue weighted by molar-refractivity contribution is 0.175. The minimum atomic E-state index is -1.54. The summed E-state index contributed by atoms with van der Waals surface area (Å²) in [7, 11) is 1.57. The van der Waals surface area contributed by atoms with Gasteiger partial charge in [0, 0.05) is 13.5 Å². The van der Waals surface area contributed by atoms with Crippen LogP contribution < -0.4 is 9.88 Å². The van der Waals surface area contributed by atoms with E-state index < -0.39 is 11.0 Å². The van der Waals surface area contributed by atoms with E-state index in [0.717, 1.165) is 5.56 Å². The molecule has 0 aliphatic rings. The fourth-order valence-electron chi connectivity index (χ4n) is 1.29. The fraction of sp³-hybridized carbons (Fsp3) is 0.400. The molecular formula is C10H15NO3S2. The molecule has 1 aromatic rings. The van der Waals surface area contributed by atoms with Crippen LogP contribution >= 0.6 is 12.6 Å². The van der Waals surface area contributed by atoms with Crippen LogP contribution in [-0.2, 0) is 22.1 Å². The normalized spacial score (nSPS) is 14.5. The van der Waals surface area contributed by atoms with E-state index in [1.165, 1.54) is 7.11 Å². The maximum Gasteiger partial charge on any atom is 0.136 e. The molecule has 90 valence electrons. The second-order valence-corrected chi connectivity index (χ2v) is 4.79. The Morgan fingerprint density at radius 2 is 2.19 bits per heavy atom. The topological polar surface area (TPSA) is 61.6 Å². The van der Waals surface area contributed by atoms with Crippen LogP contribution in [0.25, 0.3) is 0 Å². The Kier molecular flexibility index (Phi) is 5.27. The third kappa shape index (κ3) is 3.48. The molecule has 4 nitrogen and oxygen atoms in total. The standard InChI is InChI=1S/C10H15NO3S2/c1-13-8-5-7(6-10(15)14-2)3-4-9(8)16(11)12/h3-5,10,15H,6,11H2,1-2H3. The Morgan fingerprint density at radius 1 is 1.50 bits per heavy atom. The zero-order valence-electron chi connectivity index (χ0n) is 9.17.